The van der Waals surface area contributed by atoms with Gasteiger partial charge in [0, 0.05) is 17.2 Å². The van der Waals surface area contributed by atoms with Gasteiger partial charge in [-0.05, 0) is 37.3 Å². The van der Waals surface area contributed by atoms with Crippen LogP contribution < -0.4 is 10.3 Å². The lowest BCUT2D eigenvalue weighted by atomic mass is 10.1. The Bertz CT molecular complexity index is 916. The Kier molecular flexibility index (Phi) is 5.04. The number of carbonyl (C=O) groups excluding carboxylic acids is 1. The monoisotopic (exact) mass is 334 g/mol. The van der Waals surface area contributed by atoms with Crippen LogP contribution in [0.4, 0.5) is 0 Å². The highest BCUT2D eigenvalue weighted by molar-refractivity contribution is 5.95. The van der Waals surface area contributed by atoms with Crippen LogP contribution in [0.2, 0.25) is 0 Å². The van der Waals surface area contributed by atoms with Crippen LogP contribution in [0.25, 0.3) is 11.3 Å². The van der Waals surface area contributed by atoms with Crippen molar-refractivity contribution in [3.63, 3.8) is 0 Å². The van der Waals surface area contributed by atoms with Crippen molar-refractivity contribution in [2.75, 3.05) is 6.61 Å². The van der Waals surface area contributed by atoms with E-state index in [1.807, 2.05) is 37.3 Å². The highest BCUT2D eigenvalue weighted by Crippen LogP contribution is 2.19. The lowest BCUT2D eigenvalue weighted by Gasteiger charge is -2.08. The minimum Gasteiger partial charge on any atom is -0.494 e. The van der Waals surface area contributed by atoms with E-state index >= 15 is 0 Å². The van der Waals surface area contributed by atoms with Gasteiger partial charge >= 0.3 is 0 Å². The average Bonchev–Trinajstić information content (AvgIpc) is 2.65. The van der Waals surface area contributed by atoms with Gasteiger partial charge in [0.25, 0.3) is 5.56 Å². The van der Waals surface area contributed by atoms with Crippen LogP contribution in [0.3, 0.4) is 0 Å². The van der Waals surface area contributed by atoms with Gasteiger partial charge < -0.3 is 4.74 Å². The third kappa shape index (κ3) is 4.01. The van der Waals surface area contributed by atoms with Crippen molar-refractivity contribution in [2.24, 2.45) is 0 Å². The van der Waals surface area contributed by atoms with Gasteiger partial charge in [-0.25, -0.2) is 4.68 Å². The molecule has 0 amide bonds. The number of carbonyl (C=O) groups is 1. The van der Waals surface area contributed by atoms with E-state index in [2.05, 4.69) is 5.10 Å². The molecule has 0 aliphatic rings. The maximum atomic E-state index is 12.3. The summed E-state index contributed by atoms with van der Waals surface area (Å²) in [6, 6.07) is 19.4. The van der Waals surface area contributed by atoms with Crippen molar-refractivity contribution < 1.29 is 9.53 Å². The summed E-state index contributed by atoms with van der Waals surface area (Å²) in [5, 5.41) is 4.33. The van der Waals surface area contributed by atoms with Crippen molar-refractivity contribution in [3.8, 4) is 17.0 Å². The number of benzene rings is 2. The second-order valence-corrected chi connectivity index (χ2v) is 5.46. The summed E-state index contributed by atoms with van der Waals surface area (Å²) < 4.78 is 6.62. The van der Waals surface area contributed by atoms with Crippen molar-refractivity contribution in [1.82, 2.24) is 9.78 Å². The highest BCUT2D eigenvalue weighted by atomic mass is 16.5. The fourth-order valence-electron chi connectivity index (χ4n) is 2.46. The van der Waals surface area contributed by atoms with Gasteiger partial charge in [0.15, 0.2) is 5.78 Å². The van der Waals surface area contributed by atoms with E-state index in [1.54, 1.807) is 30.3 Å². The van der Waals surface area contributed by atoms with E-state index in [1.165, 1.54) is 10.7 Å². The molecule has 0 radical (unpaired) electrons. The molecule has 0 spiro atoms. The molecule has 5 heteroatoms. The maximum Gasteiger partial charge on any atom is 0.267 e. The van der Waals surface area contributed by atoms with Gasteiger partial charge in [-0.15, -0.1) is 0 Å². The fourth-order valence-corrected chi connectivity index (χ4v) is 2.46. The minimum absolute atomic E-state index is 0.0896. The molecule has 5 nitrogen and oxygen atoms in total. The number of ether oxygens (including phenoxy) is 1. The molecule has 0 unspecified atom stereocenters. The first kappa shape index (κ1) is 16.6. The predicted octanol–water partition coefficient (Wildman–Crippen LogP) is 3.19. The largest absolute Gasteiger partial charge is 0.494 e. The standard InChI is InChI=1S/C20H18N2O3/c1-2-25-17-10-8-15(9-11-17)18-12-13-20(24)22(21-18)14-19(23)16-6-4-3-5-7-16/h3-13H,2,14H2,1H3. The van der Waals surface area contributed by atoms with Gasteiger partial charge in [0.2, 0.25) is 0 Å². The summed E-state index contributed by atoms with van der Waals surface area (Å²) in [7, 11) is 0. The van der Waals surface area contributed by atoms with Crippen LogP contribution >= 0.6 is 0 Å². The highest BCUT2D eigenvalue weighted by Gasteiger charge is 2.10. The van der Waals surface area contributed by atoms with Crippen molar-refractivity contribution in [1.29, 1.82) is 0 Å². The Labute approximate surface area is 145 Å². The number of nitrogens with zero attached hydrogens (tertiary/aromatic N) is 2. The van der Waals surface area contributed by atoms with E-state index in [0.717, 1.165) is 11.3 Å². The molecule has 1 aromatic heterocycles. The molecule has 126 valence electrons. The molecule has 3 aromatic rings. The van der Waals surface area contributed by atoms with E-state index < -0.39 is 0 Å². The summed E-state index contributed by atoms with van der Waals surface area (Å²) in [6.07, 6.45) is 0. The lowest BCUT2D eigenvalue weighted by Crippen LogP contribution is -2.26. The normalized spacial score (nSPS) is 10.4. The summed E-state index contributed by atoms with van der Waals surface area (Å²) in [5.74, 6) is 0.623. The molecule has 0 aliphatic carbocycles. The number of aromatic nitrogens is 2. The molecule has 0 aliphatic heterocycles. The number of Topliss-reactive ketones (excluding diaryl/α,β-unsaturated/α-hetero) is 1. The summed E-state index contributed by atoms with van der Waals surface area (Å²) >= 11 is 0. The number of hydrogen-bond donors (Lipinski definition) is 0. The molecular formula is C20H18N2O3. The Morgan fingerprint density at radius 2 is 1.72 bits per heavy atom. The Morgan fingerprint density at radius 3 is 2.40 bits per heavy atom. The zero-order valence-corrected chi connectivity index (χ0v) is 13.9. The molecule has 3 rings (SSSR count). The van der Waals surface area contributed by atoms with Crippen LogP contribution in [0.5, 0.6) is 5.75 Å². The number of hydrogen-bond acceptors (Lipinski definition) is 4. The topological polar surface area (TPSA) is 61.2 Å². The quantitative estimate of drug-likeness (QED) is 0.650. The first-order valence-electron chi connectivity index (χ1n) is 8.07. The maximum absolute atomic E-state index is 12.3. The second kappa shape index (κ2) is 7.57. The third-order valence-corrected chi connectivity index (χ3v) is 3.72. The molecule has 0 atom stereocenters. The summed E-state index contributed by atoms with van der Waals surface area (Å²) in [5.41, 5.74) is 1.73. The smallest absolute Gasteiger partial charge is 0.267 e. The van der Waals surface area contributed by atoms with Gasteiger partial charge in [-0.1, -0.05) is 30.3 Å². The molecule has 1 heterocycles. The van der Waals surface area contributed by atoms with Gasteiger partial charge in [0.05, 0.1) is 12.3 Å². The van der Waals surface area contributed by atoms with Gasteiger partial charge in [-0.2, -0.15) is 5.10 Å². The number of ketones is 1. The van der Waals surface area contributed by atoms with E-state index in [4.69, 9.17) is 4.74 Å². The van der Waals surface area contributed by atoms with Gasteiger partial charge in [0.1, 0.15) is 12.3 Å². The molecule has 0 bridgehead atoms. The second-order valence-electron chi connectivity index (χ2n) is 5.46. The van der Waals surface area contributed by atoms with Crippen molar-refractivity contribution >= 4 is 5.78 Å². The van der Waals surface area contributed by atoms with Crippen LogP contribution in [0.1, 0.15) is 17.3 Å². The van der Waals surface area contributed by atoms with Crippen molar-refractivity contribution in [3.05, 3.63) is 82.6 Å². The first-order valence-corrected chi connectivity index (χ1v) is 8.07. The first-order chi connectivity index (χ1) is 12.2. The third-order valence-electron chi connectivity index (χ3n) is 3.72. The Morgan fingerprint density at radius 1 is 1.00 bits per heavy atom. The zero-order valence-electron chi connectivity index (χ0n) is 13.9. The molecule has 0 saturated carbocycles. The van der Waals surface area contributed by atoms with Crippen LogP contribution in [0, 0.1) is 0 Å². The average molecular weight is 334 g/mol. The molecule has 25 heavy (non-hydrogen) atoms. The van der Waals surface area contributed by atoms with E-state index in [9.17, 15) is 9.59 Å². The fraction of sp³-hybridized carbons (Fsp3) is 0.150. The lowest BCUT2D eigenvalue weighted by molar-refractivity contribution is 0.0966. The van der Waals surface area contributed by atoms with Gasteiger partial charge in [-0.3, -0.25) is 9.59 Å². The van der Waals surface area contributed by atoms with E-state index in [-0.39, 0.29) is 17.9 Å². The molecule has 0 N–H and O–H groups in total. The SMILES string of the molecule is CCOc1ccc(-c2ccc(=O)n(CC(=O)c3ccccc3)n2)cc1. The number of rotatable bonds is 6. The minimum atomic E-state index is -0.307. The van der Waals surface area contributed by atoms with Crippen LogP contribution in [0.15, 0.2) is 71.5 Å². The summed E-state index contributed by atoms with van der Waals surface area (Å²) in [4.78, 5) is 24.4. The summed E-state index contributed by atoms with van der Waals surface area (Å²) in [6.45, 7) is 2.44. The van der Waals surface area contributed by atoms with Crippen LogP contribution in [-0.2, 0) is 6.54 Å². The molecule has 0 fully saturated rings. The molecule has 0 saturated heterocycles. The van der Waals surface area contributed by atoms with Crippen LogP contribution in [-0.4, -0.2) is 22.2 Å². The Hall–Kier alpha value is -3.21. The molecular weight excluding hydrogens is 316 g/mol. The predicted molar refractivity (Wildman–Crippen MR) is 95.9 cm³/mol. The van der Waals surface area contributed by atoms with Crippen molar-refractivity contribution in [2.45, 2.75) is 13.5 Å². The zero-order chi connectivity index (χ0) is 17.6. The van der Waals surface area contributed by atoms with E-state index in [0.29, 0.717) is 17.9 Å². The Balaban J connectivity index is 1.85. The molecule has 2 aromatic carbocycles.